The summed E-state index contributed by atoms with van der Waals surface area (Å²) < 4.78 is 1.74. The van der Waals surface area contributed by atoms with Crippen LogP contribution < -0.4 is 10.2 Å². The first-order chi connectivity index (χ1) is 15.0. The summed E-state index contributed by atoms with van der Waals surface area (Å²) >= 11 is 0. The van der Waals surface area contributed by atoms with Gasteiger partial charge >= 0.3 is 0 Å². The minimum atomic E-state index is -1.07. The Labute approximate surface area is 191 Å². The van der Waals surface area contributed by atoms with Gasteiger partial charge in [0.1, 0.15) is 11.2 Å². The van der Waals surface area contributed by atoms with Gasteiger partial charge in [-0.05, 0) is 56.9 Å². The lowest BCUT2D eigenvalue weighted by Crippen LogP contribution is -2.65. The van der Waals surface area contributed by atoms with Crippen LogP contribution in [0.5, 0.6) is 0 Å². The van der Waals surface area contributed by atoms with Crippen molar-refractivity contribution in [2.24, 2.45) is 0 Å². The van der Waals surface area contributed by atoms with Gasteiger partial charge in [-0.25, -0.2) is 0 Å². The summed E-state index contributed by atoms with van der Waals surface area (Å²) in [7, 11) is 0. The van der Waals surface area contributed by atoms with Crippen molar-refractivity contribution in [1.82, 2.24) is 15.1 Å². The van der Waals surface area contributed by atoms with Crippen molar-refractivity contribution in [3.8, 4) is 0 Å². The third-order valence-electron chi connectivity index (χ3n) is 6.96. The number of amides is 2. The molecule has 6 heteroatoms. The number of aromatic nitrogens is 2. The van der Waals surface area contributed by atoms with E-state index in [1.165, 1.54) is 6.42 Å². The van der Waals surface area contributed by atoms with E-state index in [9.17, 15) is 9.59 Å². The molecule has 1 aliphatic carbocycles. The number of aryl methyl sites for hydroxylation is 2. The molecule has 0 radical (unpaired) electrons. The number of hydrogen-bond acceptors (Lipinski definition) is 3. The van der Waals surface area contributed by atoms with E-state index in [4.69, 9.17) is 5.10 Å². The fourth-order valence-corrected chi connectivity index (χ4v) is 4.87. The molecule has 1 fully saturated rings. The monoisotopic (exact) mass is 436 g/mol. The lowest BCUT2D eigenvalue weighted by Gasteiger charge is -2.44. The number of rotatable bonds is 3. The Morgan fingerprint density at radius 1 is 1.12 bits per heavy atom. The quantitative estimate of drug-likeness (QED) is 0.761. The highest BCUT2D eigenvalue weighted by molar-refractivity contribution is 6.12. The van der Waals surface area contributed by atoms with Crippen molar-refractivity contribution >= 4 is 17.5 Å². The second-order valence-electron chi connectivity index (χ2n) is 10.8. The van der Waals surface area contributed by atoms with E-state index in [1.54, 1.807) is 9.58 Å². The molecule has 0 saturated heterocycles. The van der Waals surface area contributed by atoms with Crippen LogP contribution in [0.2, 0.25) is 0 Å². The Kier molecular flexibility index (Phi) is 5.68. The lowest BCUT2D eigenvalue weighted by atomic mass is 9.90. The molecular formula is C26H36N4O2. The minimum absolute atomic E-state index is 0.0999. The summed E-state index contributed by atoms with van der Waals surface area (Å²) in [6, 6.07) is 8.13. The zero-order valence-corrected chi connectivity index (χ0v) is 20.3. The average Bonchev–Trinajstić information content (AvgIpc) is 3.16. The van der Waals surface area contributed by atoms with E-state index in [1.807, 2.05) is 45.0 Å². The Morgan fingerprint density at radius 3 is 2.47 bits per heavy atom. The molecule has 2 amide bonds. The number of anilines is 1. The molecule has 1 aromatic carbocycles. The van der Waals surface area contributed by atoms with Gasteiger partial charge in [-0.2, -0.15) is 5.10 Å². The minimum Gasteiger partial charge on any atom is -0.351 e. The highest BCUT2D eigenvalue weighted by Crippen LogP contribution is 2.36. The Balaban J connectivity index is 1.81. The highest BCUT2D eigenvalue weighted by atomic mass is 16.2. The van der Waals surface area contributed by atoms with Gasteiger partial charge in [0.25, 0.3) is 5.91 Å². The Bertz CT molecular complexity index is 1040. The second kappa shape index (κ2) is 8.05. The summed E-state index contributed by atoms with van der Waals surface area (Å²) in [5.74, 6) is -0.272. The second-order valence-corrected chi connectivity index (χ2v) is 10.8. The molecule has 1 aliphatic heterocycles. The topological polar surface area (TPSA) is 67.2 Å². The fourth-order valence-electron chi connectivity index (χ4n) is 4.87. The van der Waals surface area contributed by atoms with E-state index in [2.05, 4.69) is 26.1 Å². The van der Waals surface area contributed by atoms with Gasteiger partial charge in [-0.1, -0.05) is 52.2 Å². The summed E-state index contributed by atoms with van der Waals surface area (Å²) in [5, 5.41) is 8.03. The predicted octanol–water partition coefficient (Wildman–Crippen LogP) is 4.67. The fraction of sp³-hybridized carbons (Fsp3) is 0.577. The van der Waals surface area contributed by atoms with Crippen LogP contribution in [0.15, 0.2) is 24.3 Å². The third-order valence-corrected chi connectivity index (χ3v) is 6.96. The summed E-state index contributed by atoms with van der Waals surface area (Å²) in [5.41, 5.74) is 2.97. The van der Waals surface area contributed by atoms with E-state index in [-0.39, 0.29) is 23.3 Å². The van der Waals surface area contributed by atoms with Gasteiger partial charge in [0.05, 0.1) is 12.2 Å². The van der Waals surface area contributed by atoms with Crippen LogP contribution in [-0.4, -0.2) is 33.2 Å². The molecule has 0 bridgehead atoms. The van der Waals surface area contributed by atoms with E-state index >= 15 is 0 Å². The molecule has 1 saturated carbocycles. The van der Waals surface area contributed by atoms with Gasteiger partial charge < -0.3 is 5.32 Å². The maximum absolute atomic E-state index is 13.9. The van der Waals surface area contributed by atoms with Gasteiger partial charge in [-0.3, -0.25) is 19.2 Å². The molecule has 32 heavy (non-hydrogen) atoms. The number of carbonyl (C=O) groups is 2. The van der Waals surface area contributed by atoms with Crippen LogP contribution in [-0.2, 0) is 16.8 Å². The van der Waals surface area contributed by atoms with Crippen LogP contribution in [0.1, 0.15) is 87.1 Å². The summed E-state index contributed by atoms with van der Waals surface area (Å²) in [4.78, 5) is 29.4. The molecule has 1 aromatic heterocycles. The number of hydrogen-bond donors (Lipinski definition) is 1. The van der Waals surface area contributed by atoms with E-state index in [0.29, 0.717) is 12.2 Å². The van der Waals surface area contributed by atoms with Crippen LogP contribution in [0.3, 0.4) is 0 Å². The molecule has 2 aromatic rings. The Morgan fingerprint density at radius 2 is 1.81 bits per heavy atom. The van der Waals surface area contributed by atoms with E-state index in [0.717, 1.165) is 48.2 Å². The average molecular weight is 437 g/mol. The molecule has 1 atom stereocenters. The first kappa shape index (κ1) is 22.6. The standard InChI is InChI=1S/C26H36N4O2/c1-17-12-13-18(2)20(14-17)30-23(31)21-15-22(25(3,4)5)28-29(21)16-26(30,6)24(32)27-19-10-8-7-9-11-19/h12-15,19H,7-11,16H2,1-6H3,(H,27,32)/t26-/m0/s1. The largest absolute Gasteiger partial charge is 0.351 e. The smallest absolute Gasteiger partial charge is 0.277 e. The molecule has 0 spiro atoms. The number of carbonyl (C=O) groups excluding carboxylic acids is 2. The van der Waals surface area contributed by atoms with Crippen molar-refractivity contribution in [3.05, 3.63) is 46.8 Å². The zero-order chi connectivity index (χ0) is 23.3. The van der Waals surface area contributed by atoms with Crippen LogP contribution in [0, 0.1) is 13.8 Å². The van der Waals surface area contributed by atoms with Crippen molar-refractivity contribution in [2.75, 3.05) is 4.90 Å². The molecule has 2 heterocycles. The number of nitrogens with zero attached hydrogens (tertiary/aromatic N) is 3. The number of nitrogens with one attached hydrogen (secondary N) is 1. The molecule has 6 nitrogen and oxygen atoms in total. The zero-order valence-electron chi connectivity index (χ0n) is 20.3. The lowest BCUT2D eigenvalue weighted by molar-refractivity contribution is -0.127. The SMILES string of the molecule is Cc1ccc(C)c(N2C(=O)c3cc(C(C)(C)C)nn3C[C@@]2(C)C(=O)NC2CCCCC2)c1. The molecule has 4 rings (SSSR count). The first-order valence-corrected chi connectivity index (χ1v) is 11.8. The normalized spacial score (nSPS) is 22.1. The van der Waals surface area contributed by atoms with Crippen molar-refractivity contribution in [3.63, 3.8) is 0 Å². The summed E-state index contributed by atoms with van der Waals surface area (Å²) in [6.45, 7) is 12.5. The molecular weight excluding hydrogens is 400 g/mol. The summed E-state index contributed by atoms with van der Waals surface area (Å²) in [6.07, 6.45) is 5.50. The van der Waals surface area contributed by atoms with E-state index < -0.39 is 5.54 Å². The van der Waals surface area contributed by atoms with Crippen molar-refractivity contribution in [2.45, 2.75) is 97.2 Å². The van der Waals surface area contributed by atoms with Gasteiger partial charge in [0, 0.05) is 17.1 Å². The molecule has 2 aliphatic rings. The number of fused-ring (bicyclic) bond motifs is 1. The third kappa shape index (κ3) is 3.96. The van der Waals surface area contributed by atoms with Crippen LogP contribution in [0.4, 0.5) is 5.69 Å². The Hall–Kier alpha value is -2.63. The number of benzene rings is 1. The highest BCUT2D eigenvalue weighted by Gasteiger charge is 2.50. The first-order valence-electron chi connectivity index (χ1n) is 11.8. The van der Waals surface area contributed by atoms with Gasteiger partial charge in [0.15, 0.2) is 0 Å². The van der Waals surface area contributed by atoms with Gasteiger partial charge in [0.2, 0.25) is 5.91 Å². The van der Waals surface area contributed by atoms with Crippen LogP contribution >= 0.6 is 0 Å². The van der Waals surface area contributed by atoms with Gasteiger partial charge in [-0.15, -0.1) is 0 Å². The van der Waals surface area contributed by atoms with Crippen LogP contribution in [0.25, 0.3) is 0 Å². The maximum Gasteiger partial charge on any atom is 0.277 e. The predicted molar refractivity (Wildman–Crippen MR) is 127 cm³/mol. The molecule has 1 N–H and O–H groups in total. The van der Waals surface area contributed by atoms with Crippen molar-refractivity contribution in [1.29, 1.82) is 0 Å². The van der Waals surface area contributed by atoms with Crippen molar-refractivity contribution < 1.29 is 9.59 Å². The molecule has 172 valence electrons. The molecule has 0 unspecified atom stereocenters. The maximum atomic E-state index is 13.9.